The van der Waals surface area contributed by atoms with Crippen molar-refractivity contribution in [2.45, 2.75) is 31.1 Å². The van der Waals surface area contributed by atoms with E-state index in [2.05, 4.69) is 24.4 Å². The number of rotatable bonds is 3. The predicted octanol–water partition coefficient (Wildman–Crippen LogP) is 1.54. The molecule has 3 heteroatoms. The quantitative estimate of drug-likeness (QED) is 0.783. The van der Waals surface area contributed by atoms with Crippen molar-refractivity contribution in [3.63, 3.8) is 0 Å². The molecule has 1 N–H and O–H groups in total. The van der Waals surface area contributed by atoms with Crippen molar-refractivity contribution in [2.24, 2.45) is 0 Å². The van der Waals surface area contributed by atoms with E-state index in [9.17, 15) is 0 Å². The standard InChI is InChI=1S/C13H17NO2/c1-8(12-13-11(16-13)7-14-12)9-3-5-10(15-2)6-4-9/h3-6,8,11-14H,7H2,1-2H3/t8-,11-,12-,13-/m0/s1. The first-order valence-electron chi connectivity index (χ1n) is 5.82. The third-order valence-electron chi connectivity index (χ3n) is 3.71. The van der Waals surface area contributed by atoms with Crippen LogP contribution in [0, 0.1) is 0 Å². The molecule has 1 aromatic rings. The van der Waals surface area contributed by atoms with Crippen molar-refractivity contribution >= 4 is 0 Å². The summed E-state index contributed by atoms with van der Waals surface area (Å²) in [5, 5.41) is 3.53. The number of epoxide rings is 1. The molecule has 0 aliphatic carbocycles. The molecule has 16 heavy (non-hydrogen) atoms. The number of benzene rings is 1. The highest BCUT2D eigenvalue weighted by molar-refractivity contribution is 5.31. The summed E-state index contributed by atoms with van der Waals surface area (Å²) in [4.78, 5) is 0. The van der Waals surface area contributed by atoms with Gasteiger partial charge < -0.3 is 14.8 Å². The van der Waals surface area contributed by atoms with Gasteiger partial charge in [-0.1, -0.05) is 19.1 Å². The van der Waals surface area contributed by atoms with Crippen LogP contribution in [-0.4, -0.2) is 31.9 Å². The molecule has 3 rings (SSSR count). The maximum Gasteiger partial charge on any atom is 0.118 e. The molecule has 2 saturated heterocycles. The molecule has 0 unspecified atom stereocenters. The van der Waals surface area contributed by atoms with Crippen LogP contribution in [0.25, 0.3) is 0 Å². The van der Waals surface area contributed by atoms with Crippen molar-refractivity contribution < 1.29 is 9.47 Å². The Labute approximate surface area is 95.8 Å². The first-order valence-corrected chi connectivity index (χ1v) is 5.82. The lowest BCUT2D eigenvalue weighted by molar-refractivity contribution is 0.273. The van der Waals surface area contributed by atoms with Gasteiger partial charge in [-0.25, -0.2) is 0 Å². The maximum atomic E-state index is 5.57. The second kappa shape index (κ2) is 3.75. The van der Waals surface area contributed by atoms with Gasteiger partial charge in [0.25, 0.3) is 0 Å². The molecule has 2 fully saturated rings. The minimum Gasteiger partial charge on any atom is -0.497 e. The summed E-state index contributed by atoms with van der Waals surface area (Å²) in [6.07, 6.45) is 0.919. The monoisotopic (exact) mass is 219 g/mol. The zero-order chi connectivity index (χ0) is 11.1. The average molecular weight is 219 g/mol. The van der Waals surface area contributed by atoms with Gasteiger partial charge in [-0.3, -0.25) is 0 Å². The van der Waals surface area contributed by atoms with Crippen LogP contribution in [-0.2, 0) is 4.74 Å². The van der Waals surface area contributed by atoms with E-state index in [1.165, 1.54) is 5.56 Å². The summed E-state index contributed by atoms with van der Waals surface area (Å²) in [6, 6.07) is 8.79. The molecule has 0 spiro atoms. The van der Waals surface area contributed by atoms with Gasteiger partial charge in [-0.2, -0.15) is 0 Å². The third kappa shape index (κ3) is 1.60. The van der Waals surface area contributed by atoms with Crippen LogP contribution < -0.4 is 10.1 Å². The lowest BCUT2D eigenvalue weighted by Gasteiger charge is -2.21. The Morgan fingerprint density at radius 3 is 2.62 bits per heavy atom. The Morgan fingerprint density at radius 1 is 1.38 bits per heavy atom. The molecule has 2 aliphatic rings. The Kier molecular flexibility index (Phi) is 2.37. The number of ether oxygens (including phenoxy) is 2. The fourth-order valence-corrected chi connectivity index (χ4v) is 2.58. The number of nitrogens with one attached hydrogen (secondary N) is 1. The van der Waals surface area contributed by atoms with Gasteiger partial charge in [0, 0.05) is 12.6 Å². The lowest BCUT2D eigenvalue weighted by Crippen LogP contribution is -2.33. The van der Waals surface area contributed by atoms with E-state index in [1.54, 1.807) is 7.11 Å². The third-order valence-corrected chi connectivity index (χ3v) is 3.71. The highest BCUT2D eigenvalue weighted by Gasteiger charge is 2.51. The summed E-state index contributed by atoms with van der Waals surface area (Å²) < 4.78 is 10.7. The average Bonchev–Trinajstić information content (AvgIpc) is 3.00. The molecule has 3 nitrogen and oxygen atoms in total. The SMILES string of the molecule is COc1ccc([C@H](C)[C@@H]2NC[C@@H]3O[C@H]23)cc1. The van der Waals surface area contributed by atoms with E-state index in [1.807, 2.05) is 12.1 Å². The van der Waals surface area contributed by atoms with E-state index in [0.717, 1.165) is 12.3 Å². The normalized spacial score (nSPS) is 33.2. The molecular weight excluding hydrogens is 202 g/mol. The smallest absolute Gasteiger partial charge is 0.118 e. The fourth-order valence-electron chi connectivity index (χ4n) is 2.58. The maximum absolute atomic E-state index is 5.57. The zero-order valence-electron chi connectivity index (χ0n) is 9.64. The van der Waals surface area contributed by atoms with E-state index in [0.29, 0.717) is 24.2 Å². The van der Waals surface area contributed by atoms with Gasteiger partial charge in [0.15, 0.2) is 0 Å². The summed E-state index contributed by atoms with van der Waals surface area (Å²) in [7, 11) is 1.69. The molecule has 0 bridgehead atoms. The molecule has 0 radical (unpaired) electrons. The number of hydrogen-bond acceptors (Lipinski definition) is 3. The molecule has 2 aliphatic heterocycles. The van der Waals surface area contributed by atoms with E-state index in [4.69, 9.17) is 9.47 Å². The van der Waals surface area contributed by atoms with Crippen LogP contribution in [0.1, 0.15) is 18.4 Å². The lowest BCUT2D eigenvalue weighted by atomic mass is 9.92. The second-order valence-electron chi connectivity index (χ2n) is 4.64. The molecule has 86 valence electrons. The van der Waals surface area contributed by atoms with Crippen LogP contribution in [0.3, 0.4) is 0 Å². The van der Waals surface area contributed by atoms with Crippen LogP contribution in [0.2, 0.25) is 0 Å². The van der Waals surface area contributed by atoms with Crippen molar-refractivity contribution in [3.05, 3.63) is 29.8 Å². The summed E-state index contributed by atoms with van der Waals surface area (Å²) >= 11 is 0. The first-order chi connectivity index (χ1) is 7.79. The fraction of sp³-hybridized carbons (Fsp3) is 0.538. The van der Waals surface area contributed by atoms with Gasteiger partial charge in [0.1, 0.15) is 11.9 Å². The van der Waals surface area contributed by atoms with Crippen molar-refractivity contribution in [1.82, 2.24) is 5.32 Å². The van der Waals surface area contributed by atoms with Gasteiger partial charge in [-0.05, 0) is 23.6 Å². The number of morpholine rings is 1. The molecule has 0 saturated carbocycles. The minimum atomic E-state index is 0.442. The van der Waals surface area contributed by atoms with Gasteiger partial charge >= 0.3 is 0 Å². The molecule has 2 heterocycles. The summed E-state index contributed by atoms with van der Waals surface area (Å²) in [5.41, 5.74) is 1.34. The molecule has 0 aromatic heterocycles. The van der Waals surface area contributed by atoms with Crippen LogP contribution >= 0.6 is 0 Å². The van der Waals surface area contributed by atoms with Gasteiger partial charge in [0.05, 0.1) is 13.2 Å². The van der Waals surface area contributed by atoms with Crippen molar-refractivity contribution in [3.8, 4) is 5.75 Å². The Bertz CT molecular complexity index is 376. The van der Waals surface area contributed by atoms with Crippen molar-refractivity contribution in [2.75, 3.05) is 13.7 Å². The summed E-state index contributed by atoms with van der Waals surface area (Å²) in [5.74, 6) is 1.40. The first kappa shape index (κ1) is 10.1. The number of methoxy groups -OCH3 is 1. The second-order valence-corrected chi connectivity index (χ2v) is 4.64. The summed E-state index contributed by atoms with van der Waals surface area (Å²) in [6.45, 7) is 3.26. The zero-order valence-corrected chi connectivity index (χ0v) is 9.64. The highest BCUT2D eigenvalue weighted by Crippen LogP contribution is 2.37. The molecule has 4 atom stereocenters. The number of fused-ring (bicyclic) bond motifs is 1. The Hall–Kier alpha value is -1.06. The minimum absolute atomic E-state index is 0.442. The van der Waals surface area contributed by atoms with Crippen molar-refractivity contribution in [1.29, 1.82) is 0 Å². The molecular formula is C13H17NO2. The predicted molar refractivity (Wildman–Crippen MR) is 61.9 cm³/mol. The molecule has 0 amide bonds. The largest absolute Gasteiger partial charge is 0.497 e. The van der Waals surface area contributed by atoms with E-state index >= 15 is 0 Å². The topological polar surface area (TPSA) is 33.8 Å². The number of hydrogen-bond donors (Lipinski definition) is 1. The van der Waals surface area contributed by atoms with E-state index < -0.39 is 0 Å². The van der Waals surface area contributed by atoms with Gasteiger partial charge in [0.2, 0.25) is 0 Å². The van der Waals surface area contributed by atoms with Crippen LogP contribution in [0.4, 0.5) is 0 Å². The van der Waals surface area contributed by atoms with Gasteiger partial charge in [-0.15, -0.1) is 0 Å². The Balaban J connectivity index is 1.75. The Morgan fingerprint density at radius 2 is 2.12 bits per heavy atom. The van der Waals surface area contributed by atoms with Crippen LogP contribution in [0.15, 0.2) is 24.3 Å². The highest BCUT2D eigenvalue weighted by atomic mass is 16.6. The molecule has 1 aromatic carbocycles. The van der Waals surface area contributed by atoms with Crippen LogP contribution in [0.5, 0.6) is 5.75 Å². The van der Waals surface area contributed by atoms with E-state index in [-0.39, 0.29) is 0 Å².